The Balaban J connectivity index is 1.85. The molecule has 23 heavy (non-hydrogen) atoms. The second-order valence-electron chi connectivity index (χ2n) is 5.57. The van der Waals surface area contributed by atoms with Crippen molar-refractivity contribution in [3.05, 3.63) is 41.7 Å². The normalized spacial score (nSPS) is 18.4. The third kappa shape index (κ3) is 4.31. The van der Waals surface area contributed by atoms with Crippen molar-refractivity contribution in [1.82, 2.24) is 4.90 Å². The molecule has 126 valence electrons. The third-order valence-electron chi connectivity index (χ3n) is 3.94. The number of aliphatic hydroxyl groups is 1. The summed E-state index contributed by atoms with van der Waals surface area (Å²) in [5.41, 5.74) is -1.97. The zero-order valence-corrected chi connectivity index (χ0v) is 12.3. The number of amides is 1. The molecule has 1 saturated heterocycles. The Labute approximate surface area is 131 Å². The minimum Gasteiger partial charge on any atom is -0.380 e. The van der Waals surface area contributed by atoms with Crippen molar-refractivity contribution < 1.29 is 27.5 Å². The number of piperidine rings is 1. The molecule has 1 aliphatic rings. The van der Waals surface area contributed by atoms with Crippen LogP contribution in [-0.4, -0.2) is 40.8 Å². The molecule has 1 N–H and O–H groups in total. The van der Waals surface area contributed by atoms with Crippen LogP contribution in [0.3, 0.4) is 0 Å². The summed E-state index contributed by atoms with van der Waals surface area (Å²) in [6.07, 6.45) is -2.42. The molecular formula is C16H17F4NO2. The van der Waals surface area contributed by atoms with Gasteiger partial charge in [-0.1, -0.05) is 24.3 Å². The first-order valence-electron chi connectivity index (χ1n) is 7.20. The molecule has 1 fully saturated rings. The molecule has 0 aromatic heterocycles. The van der Waals surface area contributed by atoms with Gasteiger partial charge in [0.2, 0.25) is 5.91 Å². The van der Waals surface area contributed by atoms with E-state index in [9.17, 15) is 27.5 Å². The van der Waals surface area contributed by atoms with Gasteiger partial charge in [0.05, 0.1) is 0 Å². The maximum absolute atomic E-state index is 12.7. The molecule has 1 aromatic carbocycles. The molecule has 0 bridgehead atoms. The van der Waals surface area contributed by atoms with Gasteiger partial charge < -0.3 is 10.0 Å². The molecule has 2 rings (SSSR count). The predicted molar refractivity (Wildman–Crippen MR) is 76.9 cm³/mol. The van der Waals surface area contributed by atoms with Crippen molar-refractivity contribution in [2.45, 2.75) is 31.0 Å². The van der Waals surface area contributed by atoms with E-state index in [1.807, 2.05) is 0 Å². The van der Waals surface area contributed by atoms with Crippen molar-refractivity contribution >= 4 is 12.0 Å². The van der Waals surface area contributed by atoms with Gasteiger partial charge in [-0.25, -0.2) is 4.39 Å². The Hall–Kier alpha value is -1.89. The SMILES string of the molecule is O=C(C/C=C/c1ccc(F)cc1)N1CCC(O)(C(F)(F)F)CC1. The molecule has 0 radical (unpaired) electrons. The van der Waals surface area contributed by atoms with E-state index in [1.165, 1.54) is 17.0 Å². The molecular weight excluding hydrogens is 314 g/mol. The standard InChI is InChI=1S/C16H17F4NO2/c17-13-6-4-12(5-7-13)2-1-3-14(22)21-10-8-15(23,9-11-21)16(18,19)20/h1-2,4-7,23H,3,8-11H2/b2-1+. The number of hydrogen-bond donors (Lipinski definition) is 1. The second kappa shape index (κ2) is 6.70. The van der Waals surface area contributed by atoms with Crippen molar-refractivity contribution in [2.75, 3.05) is 13.1 Å². The Morgan fingerprint density at radius 1 is 1.22 bits per heavy atom. The Kier molecular flexibility index (Phi) is 5.09. The van der Waals surface area contributed by atoms with Crippen LogP contribution in [0, 0.1) is 5.82 Å². The van der Waals surface area contributed by atoms with E-state index in [2.05, 4.69) is 0 Å². The van der Waals surface area contributed by atoms with Gasteiger partial charge in [-0.2, -0.15) is 13.2 Å². The van der Waals surface area contributed by atoms with E-state index in [0.29, 0.717) is 0 Å². The summed E-state index contributed by atoms with van der Waals surface area (Å²) in [5, 5.41) is 9.55. The van der Waals surface area contributed by atoms with Crippen molar-refractivity contribution in [3.8, 4) is 0 Å². The Morgan fingerprint density at radius 3 is 2.30 bits per heavy atom. The van der Waals surface area contributed by atoms with Crippen molar-refractivity contribution in [2.24, 2.45) is 0 Å². The lowest BCUT2D eigenvalue weighted by Crippen LogP contribution is -2.54. The van der Waals surface area contributed by atoms with E-state index >= 15 is 0 Å². The molecule has 1 heterocycles. The van der Waals surface area contributed by atoms with Crippen LogP contribution in [0.4, 0.5) is 17.6 Å². The quantitative estimate of drug-likeness (QED) is 0.865. The monoisotopic (exact) mass is 331 g/mol. The number of carbonyl (C=O) groups is 1. The molecule has 1 amide bonds. The number of rotatable bonds is 3. The van der Waals surface area contributed by atoms with Crippen LogP contribution in [0.1, 0.15) is 24.8 Å². The summed E-state index contributed by atoms with van der Waals surface area (Å²) in [6, 6.07) is 5.70. The topological polar surface area (TPSA) is 40.5 Å². The van der Waals surface area contributed by atoms with Crippen molar-refractivity contribution in [1.29, 1.82) is 0 Å². The van der Waals surface area contributed by atoms with Gasteiger partial charge in [0.15, 0.2) is 5.60 Å². The molecule has 3 nitrogen and oxygen atoms in total. The van der Waals surface area contributed by atoms with Gasteiger partial charge in [0, 0.05) is 32.4 Å². The van der Waals surface area contributed by atoms with Crippen LogP contribution in [0.5, 0.6) is 0 Å². The molecule has 0 aliphatic carbocycles. The first-order chi connectivity index (χ1) is 10.7. The molecule has 1 aromatic rings. The summed E-state index contributed by atoms with van der Waals surface area (Å²) in [7, 11) is 0. The maximum Gasteiger partial charge on any atom is 0.417 e. The lowest BCUT2D eigenvalue weighted by atomic mass is 9.90. The zero-order valence-electron chi connectivity index (χ0n) is 12.3. The van der Waals surface area contributed by atoms with Crippen LogP contribution < -0.4 is 0 Å². The number of carbonyl (C=O) groups excluding carboxylic acids is 1. The van der Waals surface area contributed by atoms with Crippen LogP contribution >= 0.6 is 0 Å². The van der Waals surface area contributed by atoms with E-state index in [4.69, 9.17) is 0 Å². The predicted octanol–water partition coefficient (Wildman–Crippen LogP) is 3.14. The molecule has 0 unspecified atom stereocenters. The first kappa shape index (κ1) is 17.5. The average molecular weight is 331 g/mol. The summed E-state index contributed by atoms with van der Waals surface area (Å²) < 4.78 is 50.8. The number of alkyl halides is 3. The van der Waals surface area contributed by atoms with Crippen LogP contribution in [0.15, 0.2) is 30.3 Å². The van der Waals surface area contributed by atoms with Gasteiger partial charge >= 0.3 is 6.18 Å². The van der Waals surface area contributed by atoms with E-state index in [0.717, 1.165) is 5.56 Å². The van der Waals surface area contributed by atoms with Crippen LogP contribution in [-0.2, 0) is 4.79 Å². The minimum absolute atomic E-state index is 0.0435. The molecule has 0 spiro atoms. The highest BCUT2D eigenvalue weighted by Crippen LogP contribution is 2.38. The van der Waals surface area contributed by atoms with Crippen LogP contribution in [0.25, 0.3) is 6.08 Å². The highest BCUT2D eigenvalue weighted by Gasteiger charge is 2.54. The second-order valence-corrected chi connectivity index (χ2v) is 5.57. The fourth-order valence-electron chi connectivity index (χ4n) is 2.41. The summed E-state index contributed by atoms with van der Waals surface area (Å²) in [5.74, 6) is -0.656. The van der Waals surface area contributed by atoms with E-state index in [1.54, 1.807) is 24.3 Å². The average Bonchev–Trinajstić information content (AvgIpc) is 2.49. The Bertz CT molecular complexity index is 573. The summed E-state index contributed by atoms with van der Waals surface area (Å²) in [4.78, 5) is 13.3. The van der Waals surface area contributed by atoms with Gasteiger partial charge in [-0.15, -0.1) is 0 Å². The van der Waals surface area contributed by atoms with Gasteiger partial charge in [-0.3, -0.25) is 4.79 Å². The lowest BCUT2D eigenvalue weighted by molar-refractivity contribution is -0.272. The zero-order chi connectivity index (χ0) is 17.1. The maximum atomic E-state index is 12.7. The fourth-order valence-corrected chi connectivity index (χ4v) is 2.41. The largest absolute Gasteiger partial charge is 0.417 e. The number of benzene rings is 1. The molecule has 0 atom stereocenters. The lowest BCUT2D eigenvalue weighted by Gasteiger charge is -2.39. The highest BCUT2D eigenvalue weighted by atomic mass is 19.4. The number of likely N-dealkylation sites (tertiary alicyclic amines) is 1. The van der Waals surface area contributed by atoms with Crippen LogP contribution in [0.2, 0.25) is 0 Å². The molecule has 7 heteroatoms. The number of hydrogen-bond acceptors (Lipinski definition) is 2. The number of halogens is 4. The molecule has 1 aliphatic heterocycles. The third-order valence-corrected chi connectivity index (χ3v) is 3.94. The highest BCUT2D eigenvalue weighted by molar-refractivity contribution is 5.78. The minimum atomic E-state index is -4.68. The van der Waals surface area contributed by atoms with E-state index < -0.39 is 24.6 Å². The smallest absolute Gasteiger partial charge is 0.380 e. The fraction of sp³-hybridized carbons (Fsp3) is 0.438. The summed E-state index contributed by atoms with van der Waals surface area (Å²) >= 11 is 0. The first-order valence-corrected chi connectivity index (χ1v) is 7.20. The molecule has 0 saturated carbocycles. The summed E-state index contributed by atoms with van der Waals surface area (Å²) in [6.45, 7) is -0.252. The van der Waals surface area contributed by atoms with Gasteiger partial charge in [0.25, 0.3) is 0 Å². The van der Waals surface area contributed by atoms with Gasteiger partial charge in [-0.05, 0) is 17.7 Å². The van der Waals surface area contributed by atoms with Crippen molar-refractivity contribution in [3.63, 3.8) is 0 Å². The Morgan fingerprint density at radius 2 is 1.78 bits per heavy atom. The van der Waals surface area contributed by atoms with E-state index in [-0.39, 0.29) is 31.2 Å². The van der Waals surface area contributed by atoms with Gasteiger partial charge in [0.1, 0.15) is 5.82 Å². The number of nitrogens with zero attached hydrogens (tertiary/aromatic N) is 1.